The second-order valence-electron chi connectivity index (χ2n) is 9.32. The van der Waals surface area contributed by atoms with Crippen molar-refractivity contribution in [3.05, 3.63) is 89.5 Å². The normalized spacial score (nSPS) is 18.9. The minimum absolute atomic E-state index is 0.0975. The average molecular weight is 504 g/mol. The van der Waals surface area contributed by atoms with Crippen LogP contribution in [0.1, 0.15) is 23.1 Å². The molecule has 2 N–H and O–H groups in total. The number of fused-ring (bicyclic) bond motifs is 1. The van der Waals surface area contributed by atoms with E-state index in [1.54, 1.807) is 11.8 Å². The lowest BCUT2D eigenvalue weighted by Crippen LogP contribution is -2.43. The molecule has 0 radical (unpaired) electrons. The minimum Gasteiger partial charge on any atom is -0.454 e. The first-order chi connectivity index (χ1) is 17.7. The van der Waals surface area contributed by atoms with E-state index in [0.717, 1.165) is 49.5 Å². The van der Waals surface area contributed by atoms with Gasteiger partial charge >= 0.3 is 0 Å². The average Bonchev–Trinajstić information content (AvgIpc) is 3.55. The van der Waals surface area contributed by atoms with Gasteiger partial charge in [-0.2, -0.15) is 0 Å². The fourth-order valence-electron chi connectivity index (χ4n) is 4.87. The largest absolute Gasteiger partial charge is 0.454 e. The van der Waals surface area contributed by atoms with E-state index in [4.69, 9.17) is 9.47 Å². The van der Waals surface area contributed by atoms with E-state index >= 15 is 0 Å². The van der Waals surface area contributed by atoms with Gasteiger partial charge in [0, 0.05) is 37.1 Å². The van der Waals surface area contributed by atoms with Crippen LogP contribution in [0.2, 0.25) is 0 Å². The van der Waals surface area contributed by atoms with E-state index in [1.165, 1.54) is 16.0 Å². The number of hydrogen-bond donors (Lipinski definition) is 2. The molecule has 2 aliphatic heterocycles. The van der Waals surface area contributed by atoms with Gasteiger partial charge in [-0.05, 0) is 60.1 Å². The third-order valence-electron chi connectivity index (χ3n) is 6.84. The van der Waals surface area contributed by atoms with Gasteiger partial charge in [-0.15, -0.1) is 11.8 Å². The third-order valence-corrected chi connectivity index (χ3v) is 7.58. The molecule has 1 amide bonds. The van der Waals surface area contributed by atoms with Crippen LogP contribution < -0.4 is 20.1 Å². The molecule has 5 rings (SSSR count). The van der Waals surface area contributed by atoms with E-state index in [0.29, 0.717) is 6.54 Å². The molecule has 0 spiro atoms. The van der Waals surface area contributed by atoms with Gasteiger partial charge in [-0.3, -0.25) is 9.69 Å². The highest BCUT2D eigenvalue weighted by molar-refractivity contribution is 7.98. The van der Waals surface area contributed by atoms with Crippen LogP contribution in [0.4, 0.5) is 0 Å². The number of thioether (sulfide) groups is 1. The Bertz CT molecular complexity index is 1160. The van der Waals surface area contributed by atoms with Crippen molar-refractivity contribution >= 4 is 17.7 Å². The maximum atomic E-state index is 13.3. The molecule has 0 bridgehead atoms. The number of carbonyl (C=O) groups excluding carboxylic acids is 1. The fraction of sp³-hybridized carbons (Fsp3) is 0.345. The number of carbonyl (C=O) groups is 1. The molecule has 1 saturated heterocycles. The van der Waals surface area contributed by atoms with Crippen LogP contribution in [-0.2, 0) is 24.3 Å². The van der Waals surface area contributed by atoms with Gasteiger partial charge in [0.2, 0.25) is 12.7 Å². The number of ether oxygens (including phenoxy) is 2. The molecule has 2 heterocycles. The maximum absolute atomic E-state index is 13.3. The van der Waals surface area contributed by atoms with E-state index in [9.17, 15) is 4.79 Å². The van der Waals surface area contributed by atoms with Crippen LogP contribution in [0.15, 0.2) is 77.7 Å². The van der Waals surface area contributed by atoms with Crippen LogP contribution in [0.3, 0.4) is 0 Å². The number of nitrogens with zero attached hydrogens (tertiary/aromatic N) is 1. The summed E-state index contributed by atoms with van der Waals surface area (Å²) in [4.78, 5) is 16.9. The first-order valence-electron chi connectivity index (χ1n) is 12.5. The Morgan fingerprint density at radius 3 is 2.56 bits per heavy atom. The smallest absolute Gasteiger partial charge is 0.237 e. The van der Waals surface area contributed by atoms with Gasteiger partial charge < -0.3 is 20.1 Å². The third kappa shape index (κ3) is 6.22. The first-order valence-corrected chi connectivity index (χ1v) is 13.7. The topological polar surface area (TPSA) is 62.8 Å². The SMILES string of the molecule is CSc1ccc(CN[C@@H]2C[C@@H](C(=O)NCCc3ccc4c(c3)OCO4)N(Cc3ccccc3)C2)cc1. The highest BCUT2D eigenvalue weighted by Crippen LogP contribution is 2.32. The lowest BCUT2D eigenvalue weighted by Gasteiger charge is -2.23. The Hall–Kier alpha value is -3.00. The zero-order valence-electron chi connectivity index (χ0n) is 20.6. The molecular formula is C29H33N3O3S. The molecule has 3 aromatic rings. The van der Waals surface area contributed by atoms with Gasteiger partial charge in [0.25, 0.3) is 0 Å². The number of rotatable bonds is 10. The molecule has 2 atom stereocenters. The van der Waals surface area contributed by atoms with Gasteiger partial charge in [-0.1, -0.05) is 48.5 Å². The second kappa shape index (κ2) is 11.8. The standard InChI is InChI=1S/C29H33N3O3S/c1-36-25-10-7-22(8-11-25)17-31-24-16-26(32(19-24)18-23-5-3-2-4-6-23)29(33)30-14-13-21-9-12-27-28(15-21)35-20-34-27/h2-12,15,24,26,31H,13-14,16-20H2,1H3,(H,30,33)/t24-,26+/m1/s1. The molecule has 0 aromatic heterocycles. The van der Waals surface area contributed by atoms with Crippen molar-refractivity contribution in [3.63, 3.8) is 0 Å². The molecular weight excluding hydrogens is 470 g/mol. The van der Waals surface area contributed by atoms with E-state index < -0.39 is 0 Å². The number of hydrogen-bond acceptors (Lipinski definition) is 6. The molecule has 188 valence electrons. The maximum Gasteiger partial charge on any atom is 0.237 e. The summed E-state index contributed by atoms with van der Waals surface area (Å²) in [5, 5.41) is 6.87. The summed E-state index contributed by atoms with van der Waals surface area (Å²) in [7, 11) is 0. The van der Waals surface area contributed by atoms with Gasteiger partial charge in [0.15, 0.2) is 11.5 Å². The molecule has 2 aliphatic rings. The van der Waals surface area contributed by atoms with Gasteiger partial charge in [0.05, 0.1) is 6.04 Å². The summed E-state index contributed by atoms with van der Waals surface area (Å²) < 4.78 is 10.9. The summed E-state index contributed by atoms with van der Waals surface area (Å²) in [6.45, 7) is 3.28. The lowest BCUT2D eigenvalue weighted by molar-refractivity contribution is -0.125. The van der Waals surface area contributed by atoms with Crippen LogP contribution in [0, 0.1) is 0 Å². The molecule has 0 unspecified atom stereocenters. The highest BCUT2D eigenvalue weighted by Gasteiger charge is 2.36. The fourth-order valence-corrected chi connectivity index (χ4v) is 5.27. The lowest BCUT2D eigenvalue weighted by atomic mass is 10.1. The Morgan fingerprint density at radius 2 is 1.75 bits per heavy atom. The van der Waals surface area contributed by atoms with E-state index in [1.807, 2.05) is 24.3 Å². The molecule has 3 aromatic carbocycles. The first kappa shape index (κ1) is 24.7. The van der Waals surface area contributed by atoms with Crippen molar-refractivity contribution in [3.8, 4) is 11.5 Å². The quantitative estimate of drug-likeness (QED) is 0.404. The van der Waals surface area contributed by atoms with Crippen LogP contribution in [0.25, 0.3) is 0 Å². The van der Waals surface area contributed by atoms with Crippen LogP contribution in [-0.4, -0.2) is 49.0 Å². The number of likely N-dealkylation sites (tertiary alicyclic amines) is 1. The Kier molecular flexibility index (Phi) is 8.11. The second-order valence-corrected chi connectivity index (χ2v) is 10.2. The molecule has 6 nitrogen and oxygen atoms in total. The van der Waals surface area contributed by atoms with Gasteiger partial charge in [0.1, 0.15) is 0 Å². The minimum atomic E-state index is -0.154. The Labute approximate surface area is 217 Å². The zero-order chi connectivity index (χ0) is 24.7. The Morgan fingerprint density at radius 1 is 0.972 bits per heavy atom. The predicted octanol–water partition coefficient (Wildman–Crippen LogP) is 4.23. The molecule has 7 heteroatoms. The summed E-state index contributed by atoms with van der Waals surface area (Å²) in [6.07, 6.45) is 3.64. The van der Waals surface area contributed by atoms with Crippen LogP contribution in [0.5, 0.6) is 11.5 Å². The molecule has 1 fully saturated rings. The van der Waals surface area contributed by atoms with Crippen molar-refractivity contribution in [1.82, 2.24) is 15.5 Å². The summed E-state index contributed by atoms with van der Waals surface area (Å²) in [6, 6.07) is 25.1. The highest BCUT2D eigenvalue weighted by atomic mass is 32.2. The molecule has 0 aliphatic carbocycles. The zero-order valence-corrected chi connectivity index (χ0v) is 21.4. The monoisotopic (exact) mass is 503 g/mol. The van der Waals surface area contributed by atoms with Crippen molar-refractivity contribution < 1.29 is 14.3 Å². The van der Waals surface area contributed by atoms with Crippen LogP contribution >= 0.6 is 11.8 Å². The summed E-state index contributed by atoms with van der Waals surface area (Å²) in [5.74, 6) is 1.66. The summed E-state index contributed by atoms with van der Waals surface area (Å²) >= 11 is 1.75. The molecule has 0 saturated carbocycles. The van der Waals surface area contributed by atoms with E-state index in [-0.39, 0.29) is 24.8 Å². The number of nitrogens with one attached hydrogen (secondary N) is 2. The van der Waals surface area contributed by atoms with Crippen molar-refractivity contribution in [2.24, 2.45) is 0 Å². The Balaban J connectivity index is 1.18. The van der Waals surface area contributed by atoms with Crippen molar-refractivity contribution in [2.75, 3.05) is 26.1 Å². The summed E-state index contributed by atoms with van der Waals surface area (Å²) in [5.41, 5.74) is 3.61. The number of amides is 1. The molecule has 36 heavy (non-hydrogen) atoms. The van der Waals surface area contributed by atoms with Crippen molar-refractivity contribution in [1.29, 1.82) is 0 Å². The van der Waals surface area contributed by atoms with E-state index in [2.05, 4.69) is 70.3 Å². The van der Waals surface area contributed by atoms with Gasteiger partial charge in [-0.25, -0.2) is 0 Å². The van der Waals surface area contributed by atoms with Crippen molar-refractivity contribution in [2.45, 2.75) is 42.9 Å². The number of benzene rings is 3. The predicted molar refractivity (Wildman–Crippen MR) is 143 cm³/mol.